The van der Waals surface area contributed by atoms with E-state index in [0.717, 1.165) is 25.0 Å². The van der Waals surface area contributed by atoms with Gasteiger partial charge in [0.2, 0.25) is 11.5 Å². The highest BCUT2D eigenvalue weighted by Crippen LogP contribution is 2.42. The number of amides is 1. The first-order valence-electron chi connectivity index (χ1n) is 10.7. The van der Waals surface area contributed by atoms with Crippen LogP contribution in [0.5, 0.6) is 0 Å². The quantitative estimate of drug-likeness (QED) is 0.369. The van der Waals surface area contributed by atoms with Crippen LogP contribution >= 0.6 is 0 Å². The molecule has 0 bridgehead atoms. The van der Waals surface area contributed by atoms with Crippen molar-refractivity contribution in [3.05, 3.63) is 64.7 Å². The monoisotopic (exact) mass is 528 g/mol. The van der Waals surface area contributed by atoms with Crippen LogP contribution in [-0.4, -0.2) is 23.7 Å². The van der Waals surface area contributed by atoms with Gasteiger partial charge in [0.15, 0.2) is 0 Å². The SMILES string of the molecule is O=C(CC1CC1)NCc1ccc(NC[C@@](O)(c2cccc(C(F)(F)F)c2)C(F)(F)F)cc1C(F)(F)F. The minimum atomic E-state index is -5.47. The van der Waals surface area contributed by atoms with Crippen molar-refractivity contribution in [2.45, 2.75) is 49.9 Å². The zero-order chi connectivity index (χ0) is 26.9. The number of alkyl halides is 9. The summed E-state index contributed by atoms with van der Waals surface area (Å²) < 4.78 is 121. The van der Waals surface area contributed by atoms with Gasteiger partial charge in [0.05, 0.1) is 17.7 Å². The maximum Gasteiger partial charge on any atom is 0.423 e. The second kappa shape index (κ2) is 9.83. The number of carbonyl (C=O) groups is 1. The molecule has 13 heteroatoms. The summed E-state index contributed by atoms with van der Waals surface area (Å²) in [5, 5.41) is 14.8. The van der Waals surface area contributed by atoms with Crippen molar-refractivity contribution in [1.82, 2.24) is 5.32 Å². The van der Waals surface area contributed by atoms with Gasteiger partial charge in [-0.2, -0.15) is 39.5 Å². The third-order valence-electron chi connectivity index (χ3n) is 5.75. The van der Waals surface area contributed by atoms with Gasteiger partial charge in [-0.1, -0.05) is 18.2 Å². The summed E-state index contributed by atoms with van der Waals surface area (Å²) in [7, 11) is 0. The molecule has 198 valence electrons. The van der Waals surface area contributed by atoms with E-state index in [1.807, 2.05) is 5.32 Å². The summed E-state index contributed by atoms with van der Waals surface area (Å²) in [6.45, 7) is -1.93. The van der Waals surface area contributed by atoms with E-state index in [0.29, 0.717) is 24.3 Å². The van der Waals surface area contributed by atoms with Gasteiger partial charge in [-0.05, 0) is 54.2 Å². The van der Waals surface area contributed by atoms with Crippen molar-refractivity contribution in [2.24, 2.45) is 5.92 Å². The Labute approximate surface area is 199 Å². The fraction of sp³-hybridized carbons (Fsp3) is 0.435. The van der Waals surface area contributed by atoms with Gasteiger partial charge in [0, 0.05) is 18.7 Å². The molecule has 3 N–H and O–H groups in total. The van der Waals surface area contributed by atoms with Crippen molar-refractivity contribution in [2.75, 3.05) is 11.9 Å². The van der Waals surface area contributed by atoms with Crippen LogP contribution in [0.2, 0.25) is 0 Å². The summed E-state index contributed by atoms with van der Waals surface area (Å²) in [6, 6.07) is 4.45. The molecule has 4 nitrogen and oxygen atoms in total. The summed E-state index contributed by atoms with van der Waals surface area (Å²) in [5.74, 6) is -0.216. The molecule has 1 aliphatic rings. The molecule has 2 aromatic rings. The number of benzene rings is 2. The first kappa shape index (κ1) is 27.6. The number of hydrogen-bond donors (Lipinski definition) is 3. The number of anilines is 1. The lowest BCUT2D eigenvalue weighted by atomic mass is 9.91. The van der Waals surface area contributed by atoms with Crippen LogP contribution in [0.15, 0.2) is 42.5 Å². The standard InChI is InChI=1S/C23H21F9N2O2/c24-21(25,26)16-3-1-2-15(9-16)20(36,23(30,31)32)12-34-17-7-6-14(18(10-17)22(27,28)29)11-33-19(35)8-13-4-5-13/h1-3,6-7,9-10,13,34,36H,4-5,8,11-12H2,(H,33,35)/t20-/m1/s1. The maximum atomic E-state index is 13.7. The molecule has 0 aliphatic heterocycles. The Kier molecular flexibility index (Phi) is 7.54. The van der Waals surface area contributed by atoms with Crippen molar-refractivity contribution in [1.29, 1.82) is 0 Å². The van der Waals surface area contributed by atoms with Crippen LogP contribution in [0.1, 0.15) is 41.5 Å². The minimum absolute atomic E-state index is 0.129. The van der Waals surface area contributed by atoms with Crippen LogP contribution < -0.4 is 10.6 Å². The highest BCUT2D eigenvalue weighted by molar-refractivity contribution is 5.76. The Morgan fingerprint density at radius 2 is 1.53 bits per heavy atom. The number of hydrogen-bond acceptors (Lipinski definition) is 3. The number of nitrogens with one attached hydrogen (secondary N) is 2. The lowest BCUT2D eigenvalue weighted by molar-refractivity contribution is -0.260. The van der Waals surface area contributed by atoms with E-state index in [9.17, 15) is 49.4 Å². The lowest BCUT2D eigenvalue weighted by Gasteiger charge is -2.32. The Morgan fingerprint density at radius 3 is 2.08 bits per heavy atom. The number of halogens is 9. The number of aliphatic hydroxyl groups is 1. The van der Waals surface area contributed by atoms with Gasteiger partial charge in [-0.25, -0.2) is 0 Å². The summed E-state index contributed by atoms with van der Waals surface area (Å²) >= 11 is 0. The molecule has 3 rings (SSSR count). The van der Waals surface area contributed by atoms with Gasteiger partial charge in [-0.15, -0.1) is 0 Å². The summed E-state index contributed by atoms with van der Waals surface area (Å²) in [4.78, 5) is 11.8. The highest BCUT2D eigenvalue weighted by Gasteiger charge is 2.55. The Hall–Kier alpha value is -2.96. The van der Waals surface area contributed by atoms with E-state index in [4.69, 9.17) is 0 Å². The zero-order valence-electron chi connectivity index (χ0n) is 18.4. The molecule has 1 atom stereocenters. The molecule has 1 fully saturated rings. The first-order valence-corrected chi connectivity index (χ1v) is 10.7. The van der Waals surface area contributed by atoms with Crippen LogP contribution in [0.3, 0.4) is 0 Å². The third kappa shape index (κ3) is 6.62. The van der Waals surface area contributed by atoms with Crippen LogP contribution in [0, 0.1) is 5.92 Å². The molecule has 1 amide bonds. The Balaban J connectivity index is 1.83. The molecular weight excluding hydrogens is 507 g/mol. The first-order chi connectivity index (χ1) is 16.5. The fourth-order valence-electron chi connectivity index (χ4n) is 3.50. The van der Waals surface area contributed by atoms with Gasteiger partial charge in [0.25, 0.3) is 0 Å². The average Bonchev–Trinajstić information content (AvgIpc) is 3.58. The van der Waals surface area contributed by atoms with Crippen molar-refractivity contribution < 1.29 is 49.4 Å². The topological polar surface area (TPSA) is 61.4 Å². The van der Waals surface area contributed by atoms with E-state index in [-0.39, 0.29) is 24.0 Å². The Morgan fingerprint density at radius 1 is 0.889 bits per heavy atom. The van der Waals surface area contributed by atoms with Gasteiger partial charge >= 0.3 is 18.5 Å². The van der Waals surface area contributed by atoms with E-state index in [1.54, 1.807) is 0 Å². The highest BCUT2D eigenvalue weighted by atomic mass is 19.4. The molecule has 1 saturated carbocycles. The second-order valence-corrected chi connectivity index (χ2v) is 8.58. The van der Waals surface area contributed by atoms with E-state index < -0.39 is 65.5 Å². The maximum absolute atomic E-state index is 13.7. The van der Waals surface area contributed by atoms with E-state index >= 15 is 0 Å². The van der Waals surface area contributed by atoms with Crippen LogP contribution in [-0.2, 0) is 29.3 Å². The largest absolute Gasteiger partial charge is 0.423 e. The Bertz CT molecular complexity index is 1090. The molecule has 0 aromatic heterocycles. The predicted molar refractivity (Wildman–Crippen MR) is 111 cm³/mol. The van der Waals surface area contributed by atoms with Gasteiger partial charge < -0.3 is 15.7 Å². The summed E-state index contributed by atoms with van der Waals surface area (Å²) in [6.07, 6.45) is -13.5. The van der Waals surface area contributed by atoms with Crippen LogP contribution in [0.25, 0.3) is 0 Å². The molecule has 0 saturated heterocycles. The molecule has 2 aromatic carbocycles. The minimum Gasteiger partial charge on any atom is -0.381 e. The predicted octanol–water partition coefficient (Wildman–Crippen LogP) is 6.00. The molecule has 0 radical (unpaired) electrons. The van der Waals surface area contributed by atoms with E-state index in [1.165, 1.54) is 0 Å². The molecule has 0 heterocycles. The van der Waals surface area contributed by atoms with Crippen molar-refractivity contribution >= 4 is 11.6 Å². The number of rotatable bonds is 8. The molecule has 0 spiro atoms. The molecule has 0 unspecified atom stereocenters. The van der Waals surface area contributed by atoms with Gasteiger partial charge in [0.1, 0.15) is 0 Å². The fourth-order valence-corrected chi connectivity index (χ4v) is 3.50. The lowest BCUT2D eigenvalue weighted by Crippen LogP contribution is -2.48. The third-order valence-corrected chi connectivity index (χ3v) is 5.75. The second-order valence-electron chi connectivity index (χ2n) is 8.58. The van der Waals surface area contributed by atoms with Crippen LogP contribution in [0.4, 0.5) is 45.2 Å². The normalized spacial score (nSPS) is 16.4. The molecular formula is C23H21F9N2O2. The van der Waals surface area contributed by atoms with E-state index in [2.05, 4.69) is 5.32 Å². The van der Waals surface area contributed by atoms with Gasteiger partial charge in [-0.3, -0.25) is 4.79 Å². The zero-order valence-corrected chi connectivity index (χ0v) is 18.4. The molecule has 1 aliphatic carbocycles. The van der Waals surface area contributed by atoms with Crippen molar-refractivity contribution in [3.8, 4) is 0 Å². The summed E-state index contributed by atoms with van der Waals surface area (Å²) in [5.41, 5.74) is -8.44. The average molecular weight is 528 g/mol. The molecule has 36 heavy (non-hydrogen) atoms. The smallest absolute Gasteiger partial charge is 0.381 e. The number of carbonyl (C=O) groups excluding carboxylic acids is 1. The van der Waals surface area contributed by atoms with Crippen molar-refractivity contribution in [3.63, 3.8) is 0 Å².